The Balaban J connectivity index is 1.51. The third-order valence-corrected chi connectivity index (χ3v) is 10.3. The van der Waals surface area contributed by atoms with E-state index < -0.39 is 10.1 Å². The van der Waals surface area contributed by atoms with Crippen molar-refractivity contribution < 1.29 is 22.3 Å². The number of para-hydroxylation sites is 1. The average molecular weight is 597 g/mol. The van der Waals surface area contributed by atoms with Crippen LogP contribution in [0.15, 0.2) is 69.6 Å². The molecule has 2 heterocycles. The zero-order chi connectivity index (χ0) is 28.7. The SMILES string of the molecule is CCN1/C(=C\C2=CC(=C/c3sc4ccccc4[n+]3CCCS(=O)(=O)[O-])/CC(C)(C)C2)Sc2cc(OC)c(C)cc21. The van der Waals surface area contributed by atoms with Crippen molar-refractivity contribution in [1.82, 2.24) is 0 Å². The molecule has 0 saturated carbocycles. The predicted octanol–water partition coefficient (Wildman–Crippen LogP) is 7.04. The van der Waals surface area contributed by atoms with Gasteiger partial charge in [-0.3, -0.25) is 0 Å². The number of thioether (sulfide) groups is 1. The Morgan fingerprint density at radius 2 is 1.95 bits per heavy atom. The Morgan fingerprint density at radius 3 is 2.67 bits per heavy atom. The number of aromatic nitrogens is 1. The Morgan fingerprint density at radius 1 is 1.18 bits per heavy atom. The van der Waals surface area contributed by atoms with E-state index in [1.807, 2.05) is 12.1 Å². The van der Waals surface area contributed by atoms with Crippen molar-refractivity contribution in [3.8, 4) is 5.75 Å². The highest BCUT2D eigenvalue weighted by Gasteiger charge is 2.30. The summed E-state index contributed by atoms with van der Waals surface area (Å²) < 4.78 is 42.6. The Bertz CT molecular complexity index is 1650. The third-order valence-electron chi connectivity index (χ3n) is 7.33. The van der Waals surface area contributed by atoms with Crippen LogP contribution in [-0.2, 0) is 16.7 Å². The topological polar surface area (TPSA) is 73.6 Å². The molecule has 2 aliphatic rings. The van der Waals surface area contributed by atoms with Crippen molar-refractivity contribution in [3.05, 3.63) is 75.3 Å². The second kappa shape index (κ2) is 11.4. The molecule has 40 heavy (non-hydrogen) atoms. The fraction of sp³-hybridized carbons (Fsp3) is 0.387. The van der Waals surface area contributed by atoms with Crippen molar-refractivity contribution in [2.75, 3.05) is 24.3 Å². The number of anilines is 1. The molecule has 0 amide bonds. The molecular weight excluding hydrogens is 561 g/mol. The van der Waals surface area contributed by atoms with Gasteiger partial charge in [0.2, 0.25) is 5.52 Å². The van der Waals surface area contributed by atoms with Gasteiger partial charge in [-0.25, -0.2) is 8.42 Å². The minimum Gasteiger partial charge on any atom is -0.748 e. The Kier molecular flexibility index (Phi) is 8.21. The second-order valence-corrected chi connectivity index (χ2v) is 14.9. The molecule has 0 atom stereocenters. The van der Waals surface area contributed by atoms with Crippen LogP contribution in [0.1, 0.15) is 50.6 Å². The van der Waals surface area contributed by atoms with E-state index in [-0.39, 0.29) is 11.2 Å². The van der Waals surface area contributed by atoms with E-state index in [1.165, 1.54) is 26.8 Å². The molecule has 0 bridgehead atoms. The molecule has 9 heteroatoms. The van der Waals surface area contributed by atoms with Gasteiger partial charge < -0.3 is 14.2 Å². The van der Waals surface area contributed by atoms with E-state index in [9.17, 15) is 13.0 Å². The molecule has 0 unspecified atom stereocenters. The number of hydrogen-bond donors (Lipinski definition) is 0. The highest BCUT2D eigenvalue weighted by molar-refractivity contribution is 8.03. The van der Waals surface area contributed by atoms with Gasteiger partial charge in [0.25, 0.3) is 5.01 Å². The van der Waals surface area contributed by atoms with Crippen LogP contribution in [0.5, 0.6) is 5.75 Å². The number of thiazole rings is 1. The minimum absolute atomic E-state index is 0.0953. The Hall–Kier alpha value is -2.59. The number of benzene rings is 2. The molecular formula is C31H36N2O4S3. The maximum Gasteiger partial charge on any atom is 0.263 e. The lowest BCUT2D eigenvalue weighted by Crippen LogP contribution is -2.36. The van der Waals surface area contributed by atoms with Gasteiger partial charge in [0.15, 0.2) is 6.54 Å². The summed E-state index contributed by atoms with van der Waals surface area (Å²) in [4.78, 5) is 3.59. The summed E-state index contributed by atoms with van der Waals surface area (Å²) in [5, 5.41) is 2.30. The molecule has 3 aromatic rings. The highest BCUT2D eigenvalue weighted by atomic mass is 32.2. The van der Waals surface area contributed by atoms with Crippen LogP contribution in [-0.4, -0.2) is 32.4 Å². The minimum atomic E-state index is -4.24. The maximum atomic E-state index is 11.2. The summed E-state index contributed by atoms with van der Waals surface area (Å²) in [5.74, 6) is 0.556. The molecule has 6 nitrogen and oxygen atoms in total. The molecule has 1 aliphatic heterocycles. The maximum absolute atomic E-state index is 11.2. The summed E-state index contributed by atoms with van der Waals surface area (Å²) in [6.45, 7) is 10.3. The van der Waals surface area contributed by atoms with Crippen LogP contribution in [0.3, 0.4) is 0 Å². The van der Waals surface area contributed by atoms with Gasteiger partial charge in [-0.1, -0.05) is 55.2 Å². The molecule has 1 aliphatic carbocycles. The molecule has 5 rings (SSSR count). The van der Waals surface area contributed by atoms with E-state index in [2.05, 4.69) is 79.7 Å². The van der Waals surface area contributed by atoms with Crippen LogP contribution in [0, 0.1) is 12.3 Å². The Labute approximate surface area is 245 Å². The first kappa shape index (κ1) is 28.9. The van der Waals surface area contributed by atoms with Crippen molar-refractivity contribution in [3.63, 3.8) is 0 Å². The molecule has 1 aromatic heterocycles. The van der Waals surface area contributed by atoms with Crippen molar-refractivity contribution >= 4 is 55.2 Å². The van der Waals surface area contributed by atoms with Gasteiger partial charge in [0.05, 0.1) is 27.9 Å². The molecule has 0 N–H and O–H groups in total. The van der Waals surface area contributed by atoms with Crippen LogP contribution >= 0.6 is 23.1 Å². The number of allylic oxidation sites excluding steroid dienone is 4. The molecule has 0 saturated heterocycles. The van der Waals surface area contributed by atoms with E-state index in [0.29, 0.717) is 13.0 Å². The van der Waals surface area contributed by atoms with E-state index in [0.717, 1.165) is 45.9 Å². The summed E-state index contributed by atoms with van der Waals surface area (Å²) >= 11 is 3.49. The smallest absolute Gasteiger partial charge is 0.263 e. The van der Waals surface area contributed by atoms with Gasteiger partial charge in [-0.15, -0.1) is 0 Å². The quantitative estimate of drug-likeness (QED) is 0.205. The summed E-state index contributed by atoms with van der Waals surface area (Å²) in [5.41, 5.74) is 6.07. The van der Waals surface area contributed by atoms with E-state index in [1.54, 1.807) is 30.2 Å². The molecule has 0 radical (unpaired) electrons. The molecule has 212 valence electrons. The standard InChI is InChI=1S/C31H36N2O4S3/c1-6-32-25-14-21(2)26(37-5)18-28(25)39-29(32)16-22-15-23(20-31(3,4)19-22)17-30-33(12-9-13-40(34,35)36)24-10-7-8-11-27(24)38-30/h7-8,10-11,14-18H,6,9,12-13,19-20H2,1-5H3. The zero-order valence-electron chi connectivity index (χ0n) is 23.7. The fourth-order valence-corrected chi connectivity index (χ4v) is 8.55. The van der Waals surface area contributed by atoms with Crippen LogP contribution in [0.25, 0.3) is 16.3 Å². The van der Waals surface area contributed by atoms with Crippen molar-refractivity contribution in [2.45, 2.75) is 58.4 Å². The first-order valence-corrected chi connectivity index (χ1v) is 16.8. The second-order valence-electron chi connectivity index (χ2n) is 11.2. The molecule has 0 fully saturated rings. The zero-order valence-corrected chi connectivity index (χ0v) is 26.1. The molecule has 0 spiro atoms. The lowest BCUT2D eigenvalue weighted by atomic mass is 9.75. The van der Waals surface area contributed by atoms with Gasteiger partial charge in [0.1, 0.15) is 10.4 Å². The number of rotatable bonds is 8. The van der Waals surface area contributed by atoms with Gasteiger partial charge in [-0.05, 0) is 73.1 Å². The lowest BCUT2D eigenvalue weighted by Gasteiger charge is -2.31. The van der Waals surface area contributed by atoms with E-state index >= 15 is 0 Å². The normalized spacial score (nSPS) is 18.9. The lowest BCUT2D eigenvalue weighted by molar-refractivity contribution is -0.668. The van der Waals surface area contributed by atoms with Crippen molar-refractivity contribution in [2.24, 2.45) is 5.41 Å². The van der Waals surface area contributed by atoms with Crippen LogP contribution in [0.2, 0.25) is 0 Å². The summed E-state index contributed by atoms with van der Waals surface area (Å²) in [6, 6.07) is 12.5. The van der Waals surface area contributed by atoms with E-state index in [4.69, 9.17) is 4.74 Å². The summed E-state index contributed by atoms with van der Waals surface area (Å²) in [6.07, 6.45) is 9.13. The number of ether oxygens (including phenoxy) is 1. The summed E-state index contributed by atoms with van der Waals surface area (Å²) in [7, 11) is -2.52. The predicted molar refractivity (Wildman–Crippen MR) is 165 cm³/mol. The van der Waals surface area contributed by atoms with Crippen molar-refractivity contribution in [1.29, 1.82) is 0 Å². The fourth-order valence-electron chi connectivity index (χ4n) is 5.69. The monoisotopic (exact) mass is 596 g/mol. The van der Waals surface area contributed by atoms with Gasteiger partial charge >= 0.3 is 0 Å². The largest absolute Gasteiger partial charge is 0.748 e. The number of methoxy groups -OCH3 is 1. The van der Waals surface area contributed by atoms with Gasteiger partial charge in [-0.2, -0.15) is 4.57 Å². The highest BCUT2D eigenvalue weighted by Crippen LogP contribution is 2.49. The third kappa shape index (κ3) is 6.33. The first-order chi connectivity index (χ1) is 19.0. The number of fused-ring (bicyclic) bond motifs is 2. The number of hydrogen-bond acceptors (Lipinski definition) is 7. The average Bonchev–Trinajstić information content (AvgIpc) is 3.38. The van der Waals surface area contributed by atoms with Crippen LogP contribution < -0.4 is 14.2 Å². The first-order valence-electron chi connectivity index (χ1n) is 13.6. The van der Waals surface area contributed by atoms with Gasteiger partial charge in [0, 0.05) is 35.8 Å². The molecule has 2 aromatic carbocycles. The number of aryl methyl sites for hydroxylation is 2. The number of nitrogens with zero attached hydrogens (tertiary/aromatic N) is 2. The van der Waals surface area contributed by atoms with Crippen LogP contribution in [0.4, 0.5) is 5.69 Å².